The third-order valence-corrected chi connectivity index (χ3v) is 2.61. The maximum Gasteiger partial charge on any atom is 0.433 e. The highest BCUT2D eigenvalue weighted by atomic mass is 32.1. The van der Waals surface area contributed by atoms with Crippen LogP contribution in [0.4, 0.5) is 5.88 Å². The monoisotopic (exact) mass is 268 g/mol. The van der Waals surface area contributed by atoms with Crippen molar-refractivity contribution in [3.63, 3.8) is 0 Å². The molecule has 2 heterocycles. The van der Waals surface area contributed by atoms with Crippen molar-refractivity contribution >= 4 is 18.1 Å². The van der Waals surface area contributed by atoms with Gasteiger partial charge < -0.3 is 4.42 Å². The third kappa shape index (κ3) is 2.06. The summed E-state index contributed by atoms with van der Waals surface area (Å²) in [6.07, 6.45) is 0. The zero-order chi connectivity index (χ0) is 13.5. The van der Waals surface area contributed by atoms with Crippen LogP contribution in [0.1, 0.15) is 20.8 Å². The first kappa shape index (κ1) is 12.5. The summed E-state index contributed by atoms with van der Waals surface area (Å²) in [5, 5.41) is 17.3. The predicted octanol–water partition coefficient (Wildman–Crippen LogP) is 2.86. The van der Waals surface area contributed by atoms with E-state index in [2.05, 4.69) is 10.2 Å². The number of aromatic amines is 1. The molecule has 96 valence electrons. The molecule has 1 N–H and O–H groups in total. The van der Waals surface area contributed by atoms with Gasteiger partial charge in [0.1, 0.15) is 4.92 Å². The zero-order valence-corrected chi connectivity index (χ0v) is 10.9. The highest BCUT2D eigenvalue weighted by molar-refractivity contribution is 7.71. The van der Waals surface area contributed by atoms with E-state index in [9.17, 15) is 10.1 Å². The Morgan fingerprint density at radius 3 is 2.67 bits per heavy atom. The first-order chi connectivity index (χ1) is 8.30. The van der Waals surface area contributed by atoms with Gasteiger partial charge in [-0.05, 0) is 39.1 Å². The lowest BCUT2D eigenvalue weighted by Crippen LogP contribution is -2.22. The minimum atomic E-state index is -0.591. The molecule has 0 aromatic carbocycles. The van der Waals surface area contributed by atoms with Gasteiger partial charge in [0.25, 0.3) is 0 Å². The Morgan fingerprint density at radius 1 is 1.50 bits per heavy atom. The molecule has 0 radical (unpaired) electrons. The second-order valence-electron chi connectivity index (χ2n) is 4.75. The second-order valence-corrected chi connectivity index (χ2v) is 5.14. The van der Waals surface area contributed by atoms with Gasteiger partial charge in [0.2, 0.25) is 0 Å². The Morgan fingerprint density at radius 2 is 2.17 bits per heavy atom. The van der Waals surface area contributed by atoms with Crippen molar-refractivity contribution in [3.05, 3.63) is 27.0 Å². The molecule has 0 aliphatic rings. The van der Waals surface area contributed by atoms with Crippen LogP contribution in [0, 0.1) is 14.9 Å². The summed E-state index contributed by atoms with van der Waals surface area (Å²) >= 11 is 5.15. The molecule has 7 nitrogen and oxygen atoms in total. The van der Waals surface area contributed by atoms with Crippen LogP contribution in [-0.2, 0) is 5.54 Å². The fourth-order valence-corrected chi connectivity index (χ4v) is 2.04. The number of nitrogens with one attached hydrogen (secondary N) is 1. The number of nitro groups is 1. The van der Waals surface area contributed by atoms with Crippen LogP contribution < -0.4 is 0 Å². The first-order valence-corrected chi connectivity index (χ1v) is 5.64. The number of rotatable bonds is 2. The van der Waals surface area contributed by atoms with Gasteiger partial charge in [-0.15, -0.1) is 0 Å². The van der Waals surface area contributed by atoms with Gasteiger partial charge in [0.05, 0.1) is 6.07 Å². The van der Waals surface area contributed by atoms with E-state index in [1.165, 1.54) is 12.1 Å². The quantitative estimate of drug-likeness (QED) is 0.514. The van der Waals surface area contributed by atoms with Crippen LogP contribution in [-0.4, -0.2) is 19.7 Å². The van der Waals surface area contributed by atoms with Crippen LogP contribution >= 0.6 is 12.2 Å². The van der Waals surface area contributed by atoms with Crippen LogP contribution in [0.3, 0.4) is 0 Å². The lowest BCUT2D eigenvalue weighted by molar-refractivity contribution is -0.401. The van der Waals surface area contributed by atoms with Gasteiger partial charge in [0, 0.05) is 5.54 Å². The van der Waals surface area contributed by atoms with E-state index in [1.807, 2.05) is 20.8 Å². The molecule has 18 heavy (non-hydrogen) atoms. The van der Waals surface area contributed by atoms with E-state index in [0.29, 0.717) is 16.4 Å². The molecule has 2 aromatic heterocycles. The van der Waals surface area contributed by atoms with Gasteiger partial charge in [0.15, 0.2) is 16.4 Å². The summed E-state index contributed by atoms with van der Waals surface area (Å²) in [4.78, 5) is 10.00. The maximum absolute atomic E-state index is 10.6. The van der Waals surface area contributed by atoms with E-state index < -0.39 is 4.92 Å². The summed E-state index contributed by atoms with van der Waals surface area (Å²) in [5.74, 6) is 0.434. The number of hydrogen-bond acceptors (Lipinski definition) is 5. The van der Waals surface area contributed by atoms with Crippen LogP contribution in [0.15, 0.2) is 16.5 Å². The fourth-order valence-electron chi connectivity index (χ4n) is 1.63. The number of nitrogens with zero attached hydrogens (tertiary/aromatic N) is 3. The van der Waals surface area contributed by atoms with Gasteiger partial charge >= 0.3 is 5.88 Å². The topological polar surface area (TPSA) is 89.9 Å². The van der Waals surface area contributed by atoms with Crippen molar-refractivity contribution in [1.82, 2.24) is 14.8 Å². The molecular formula is C10H12N4O3S. The zero-order valence-electron chi connectivity index (χ0n) is 10.1. The van der Waals surface area contributed by atoms with E-state index in [4.69, 9.17) is 16.6 Å². The molecule has 2 aromatic rings. The molecule has 0 aliphatic carbocycles. The molecular weight excluding hydrogens is 256 g/mol. The van der Waals surface area contributed by atoms with Gasteiger partial charge in [-0.2, -0.15) is 5.10 Å². The van der Waals surface area contributed by atoms with E-state index in [-0.39, 0.29) is 11.4 Å². The van der Waals surface area contributed by atoms with Crippen molar-refractivity contribution in [2.75, 3.05) is 0 Å². The van der Waals surface area contributed by atoms with Crippen molar-refractivity contribution in [2.24, 2.45) is 0 Å². The standard InChI is InChI=1S/C10H12N4O3S/c1-10(2,3)13-8(11-12-9(13)18)6-4-5-7(17-6)14(15)16/h4-5H,1-3H3,(H,12,18). The normalized spacial score (nSPS) is 11.7. The SMILES string of the molecule is CC(C)(C)n1c(-c2ccc([N+](=O)[O-])o2)n[nH]c1=S. The lowest BCUT2D eigenvalue weighted by Gasteiger charge is -2.21. The molecule has 0 fully saturated rings. The van der Waals surface area contributed by atoms with Crippen LogP contribution in [0.5, 0.6) is 0 Å². The molecule has 0 saturated heterocycles. The molecule has 0 bridgehead atoms. The number of furan rings is 1. The summed E-state index contributed by atoms with van der Waals surface area (Å²) < 4.78 is 7.33. The van der Waals surface area contributed by atoms with Gasteiger partial charge in [-0.3, -0.25) is 19.8 Å². The number of hydrogen-bond donors (Lipinski definition) is 1. The molecule has 0 amide bonds. The Balaban J connectivity index is 2.58. The molecule has 2 rings (SSSR count). The molecule has 0 spiro atoms. The second kappa shape index (κ2) is 4.05. The minimum absolute atomic E-state index is 0.305. The maximum atomic E-state index is 10.6. The molecule has 0 saturated carbocycles. The first-order valence-electron chi connectivity index (χ1n) is 5.23. The molecule has 0 atom stereocenters. The average molecular weight is 268 g/mol. The Labute approximate surface area is 108 Å². The number of aromatic nitrogens is 3. The van der Waals surface area contributed by atoms with Gasteiger partial charge in [-0.25, -0.2) is 0 Å². The Hall–Kier alpha value is -1.96. The molecule has 8 heteroatoms. The highest BCUT2D eigenvalue weighted by Gasteiger charge is 2.24. The summed E-state index contributed by atoms with van der Waals surface area (Å²) in [6, 6.07) is 2.80. The van der Waals surface area contributed by atoms with Crippen LogP contribution in [0.2, 0.25) is 0 Å². The van der Waals surface area contributed by atoms with E-state index in [1.54, 1.807) is 4.57 Å². The largest absolute Gasteiger partial charge is 0.433 e. The highest BCUT2D eigenvalue weighted by Crippen LogP contribution is 2.28. The van der Waals surface area contributed by atoms with E-state index in [0.717, 1.165) is 0 Å². The number of H-pyrrole nitrogens is 1. The van der Waals surface area contributed by atoms with Crippen molar-refractivity contribution in [3.8, 4) is 11.6 Å². The van der Waals surface area contributed by atoms with Crippen molar-refractivity contribution in [2.45, 2.75) is 26.3 Å². The van der Waals surface area contributed by atoms with Gasteiger partial charge in [-0.1, -0.05) is 0 Å². The summed E-state index contributed by atoms with van der Waals surface area (Å²) in [5.41, 5.74) is -0.305. The summed E-state index contributed by atoms with van der Waals surface area (Å²) in [6.45, 7) is 5.87. The lowest BCUT2D eigenvalue weighted by atomic mass is 10.1. The van der Waals surface area contributed by atoms with E-state index >= 15 is 0 Å². The Kier molecular flexibility index (Phi) is 2.81. The average Bonchev–Trinajstić information content (AvgIpc) is 2.81. The smallest absolute Gasteiger partial charge is 0.397 e. The fraction of sp³-hybridized carbons (Fsp3) is 0.400. The third-order valence-electron chi connectivity index (χ3n) is 2.34. The molecule has 0 unspecified atom stereocenters. The van der Waals surface area contributed by atoms with Crippen molar-refractivity contribution < 1.29 is 9.34 Å². The van der Waals surface area contributed by atoms with Crippen molar-refractivity contribution in [1.29, 1.82) is 0 Å². The Bertz CT molecular complexity index is 647. The minimum Gasteiger partial charge on any atom is -0.397 e. The molecule has 0 aliphatic heterocycles. The summed E-state index contributed by atoms with van der Waals surface area (Å²) in [7, 11) is 0. The van der Waals surface area contributed by atoms with Crippen LogP contribution in [0.25, 0.3) is 11.6 Å². The predicted molar refractivity (Wildman–Crippen MR) is 66.8 cm³/mol.